The molecule has 150 valence electrons. The fourth-order valence-electron chi connectivity index (χ4n) is 5.30. The largest absolute Gasteiger partial charge is 0.447 e. The van der Waals surface area contributed by atoms with Gasteiger partial charge in [0, 0.05) is 24.2 Å². The third-order valence-corrected chi connectivity index (χ3v) is 6.80. The molecule has 3 unspecified atom stereocenters. The fraction of sp³-hybridized carbons (Fsp3) is 0.417. The number of halogens is 1. The number of carbonyl (C=O) groups excluding carboxylic acids is 1. The van der Waals surface area contributed by atoms with Crippen LogP contribution >= 0.6 is 0 Å². The van der Waals surface area contributed by atoms with E-state index in [9.17, 15) is 9.18 Å². The van der Waals surface area contributed by atoms with Gasteiger partial charge in [-0.1, -0.05) is 37.1 Å². The average Bonchev–Trinajstić information content (AvgIpc) is 3.13. The number of ether oxygens (including phenoxy) is 1. The third kappa shape index (κ3) is 3.54. The molecule has 0 radical (unpaired) electrons. The van der Waals surface area contributed by atoms with Crippen molar-refractivity contribution in [2.75, 3.05) is 13.2 Å². The highest BCUT2D eigenvalue weighted by Gasteiger charge is 2.48. The minimum absolute atomic E-state index is 0.150. The van der Waals surface area contributed by atoms with Crippen molar-refractivity contribution in [1.82, 2.24) is 9.88 Å². The van der Waals surface area contributed by atoms with Crippen molar-refractivity contribution in [3.05, 3.63) is 60.2 Å². The summed E-state index contributed by atoms with van der Waals surface area (Å²) >= 11 is 0. The van der Waals surface area contributed by atoms with Crippen LogP contribution < -0.4 is 0 Å². The molecule has 4 atom stereocenters. The summed E-state index contributed by atoms with van der Waals surface area (Å²) in [6, 6.07) is 10.6. The normalized spacial score (nSPS) is 28.9. The van der Waals surface area contributed by atoms with Gasteiger partial charge in [-0.2, -0.15) is 0 Å². The molecule has 5 heteroatoms. The maximum absolute atomic E-state index is 13.1. The average molecular weight is 392 g/mol. The van der Waals surface area contributed by atoms with Gasteiger partial charge >= 0.3 is 6.09 Å². The Balaban J connectivity index is 1.36. The van der Waals surface area contributed by atoms with E-state index in [4.69, 9.17) is 4.74 Å². The molecule has 2 saturated heterocycles. The van der Waals surface area contributed by atoms with Gasteiger partial charge in [-0.05, 0) is 54.5 Å². The number of pyridine rings is 1. The fourth-order valence-corrected chi connectivity index (χ4v) is 5.30. The molecule has 2 aromatic rings. The van der Waals surface area contributed by atoms with E-state index in [-0.39, 0.29) is 18.0 Å². The summed E-state index contributed by atoms with van der Waals surface area (Å²) in [4.78, 5) is 18.7. The third-order valence-electron chi connectivity index (χ3n) is 6.80. The van der Waals surface area contributed by atoms with Crippen molar-refractivity contribution in [3.63, 3.8) is 0 Å². The van der Waals surface area contributed by atoms with Gasteiger partial charge in [0.15, 0.2) is 0 Å². The zero-order valence-corrected chi connectivity index (χ0v) is 16.3. The summed E-state index contributed by atoms with van der Waals surface area (Å²) in [7, 11) is 0. The summed E-state index contributed by atoms with van der Waals surface area (Å²) in [5.74, 6) is 1.28. The number of amides is 1. The second-order valence-electron chi connectivity index (χ2n) is 8.42. The molecule has 2 aliphatic heterocycles. The van der Waals surface area contributed by atoms with Crippen LogP contribution in [0.1, 0.15) is 31.4 Å². The highest BCUT2D eigenvalue weighted by Crippen LogP contribution is 2.44. The Labute approximate surface area is 170 Å². The summed E-state index contributed by atoms with van der Waals surface area (Å²) in [5.41, 5.74) is 2.81. The predicted octanol–water partition coefficient (Wildman–Crippen LogP) is 5.16. The molecule has 5 rings (SSSR count). The van der Waals surface area contributed by atoms with Gasteiger partial charge < -0.3 is 9.64 Å². The lowest BCUT2D eigenvalue weighted by molar-refractivity contribution is 0.0472. The number of fused-ring (bicyclic) bond motifs is 2. The molecule has 4 nitrogen and oxygen atoms in total. The maximum Gasteiger partial charge on any atom is 0.410 e. The van der Waals surface area contributed by atoms with Gasteiger partial charge in [-0.3, -0.25) is 4.98 Å². The minimum Gasteiger partial charge on any atom is -0.447 e. The first-order valence-electron chi connectivity index (χ1n) is 10.5. The first kappa shape index (κ1) is 18.3. The number of benzene rings is 1. The first-order chi connectivity index (χ1) is 14.2. The SMILES string of the molecule is O=C1OC[C@@H]2C(C=Cc3ccc(-c4ccc(F)cc4)cn3)C3CCCCC3CN12. The molecule has 1 aliphatic carbocycles. The summed E-state index contributed by atoms with van der Waals surface area (Å²) in [6.07, 6.45) is 11.0. The molecular formula is C24H25FN2O2. The van der Waals surface area contributed by atoms with E-state index in [0.29, 0.717) is 24.4 Å². The van der Waals surface area contributed by atoms with Gasteiger partial charge in [-0.15, -0.1) is 0 Å². The summed E-state index contributed by atoms with van der Waals surface area (Å²) in [5, 5.41) is 0. The van der Waals surface area contributed by atoms with Crippen LogP contribution in [0.15, 0.2) is 48.7 Å². The quantitative estimate of drug-likeness (QED) is 0.725. The second-order valence-corrected chi connectivity index (χ2v) is 8.42. The maximum atomic E-state index is 13.1. The zero-order chi connectivity index (χ0) is 19.8. The van der Waals surface area contributed by atoms with Gasteiger partial charge in [0.05, 0.1) is 11.7 Å². The minimum atomic E-state index is -0.238. The van der Waals surface area contributed by atoms with Crippen LogP contribution in [0.3, 0.4) is 0 Å². The number of carbonyl (C=O) groups is 1. The Morgan fingerprint density at radius 3 is 2.66 bits per heavy atom. The molecule has 0 N–H and O–H groups in total. The Kier molecular flexibility index (Phi) is 4.82. The van der Waals surface area contributed by atoms with Gasteiger partial charge in [-0.25, -0.2) is 9.18 Å². The predicted molar refractivity (Wildman–Crippen MR) is 109 cm³/mol. The standard InChI is InChI=1S/C24H25FN2O2/c25-19-8-5-16(6-9-19)17-7-10-20(26-13-17)11-12-22-21-4-2-1-3-18(21)14-27-23(22)15-29-24(27)28/h5-13,18,21-23H,1-4,14-15H2/t18?,21?,22?,23-/m1/s1. The van der Waals surface area contributed by atoms with Gasteiger partial charge in [0.25, 0.3) is 0 Å². The van der Waals surface area contributed by atoms with Crippen LogP contribution in [0.2, 0.25) is 0 Å². The molecule has 3 aliphatic rings. The van der Waals surface area contributed by atoms with Crippen molar-refractivity contribution in [2.24, 2.45) is 17.8 Å². The molecule has 1 saturated carbocycles. The summed E-state index contributed by atoms with van der Waals surface area (Å²) < 4.78 is 18.5. The molecule has 0 spiro atoms. The number of cyclic esters (lactones) is 1. The van der Waals surface area contributed by atoms with Gasteiger partial charge in [0.2, 0.25) is 0 Å². The summed E-state index contributed by atoms with van der Waals surface area (Å²) in [6.45, 7) is 1.34. The van der Waals surface area contributed by atoms with Crippen LogP contribution in [0.25, 0.3) is 17.2 Å². The van der Waals surface area contributed by atoms with E-state index in [1.54, 1.807) is 12.1 Å². The van der Waals surface area contributed by atoms with Crippen LogP contribution in [-0.2, 0) is 4.74 Å². The number of nitrogens with zero attached hydrogens (tertiary/aromatic N) is 2. The second kappa shape index (κ2) is 7.62. The van der Waals surface area contributed by atoms with Crippen LogP contribution in [0.4, 0.5) is 9.18 Å². The Morgan fingerprint density at radius 1 is 1.07 bits per heavy atom. The number of hydrogen-bond acceptors (Lipinski definition) is 3. The van der Waals surface area contributed by atoms with Crippen LogP contribution in [0, 0.1) is 23.6 Å². The van der Waals surface area contributed by atoms with Crippen molar-refractivity contribution >= 4 is 12.2 Å². The molecule has 1 aromatic carbocycles. The molecule has 1 amide bonds. The number of hydrogen-bond donors (Lipinski definition) is 0. The Hall–Kier alpha value is -2.69. The smallest absolute Gasteiger partial charge is 0.410 e. The van der Waals surface area contributed by atoms with E-state index < -0.39 is 0 Å². The van der Waals surface area contributed by atoms with E-state index >= 15 is 0 Å². The monoisotopic (exact) mass is 392 g/mol. The lowest BCUT2D eigenvalue weighted by atomic mass is 9.67. The van der Waals surface area contributed by atoms with Crippen molar-refractivity contribution in [1.29, 1.82) is 0 Å². The highest BCUT2D eigenvalue weighted by molar-refractivity contribution is 5.70. The van der Waals surface area contributed by atoms with Crippen LogP contribution in [0.5, 0.6) is 0 Å². The molecular weight excluding hydrogens is 367 g/mol. The molecule has 29 heavy (non-hydrogen) atoms. The number of aromatic nitrogens is 1. The van der Waals surface area contributed by atoms with Crippen molar-refractivity contribution in [2.45, 2.75) is 31.7 Å². The topological polar surface area (TPSA) is 42.4 Å². The van der Waals surface area contributed by atoms with E-state index in [2.05, 4.69) is 17.1 Å². The van der Waals surface area contributed by atoms with Crippen molar-refractivity contribution in [3.8, 4) is 11.1 Å². The van der Waals surface area contributed by atoms with Gasteiger partial charge in [0.1, 0.15) is 12.4 Å². The number of piperidine rings is 1. The highest BCUT2D eigenvalue weighted by atomic mass is 19.1. The van der Waals surface area contributed by atoms with Crippen molar-refractivity contribution < 1.29 is 13.9 Å². The first-order valence-corrected chi connectivity index (χ1v) is 10.5. The lowest BCUT2D eigenvalue weighted by Gasteiger charge is -2.46. The zero-order valence-electron chi connectivity index (χ0n) is 16.3. The Bertz CT molecular complexity index is 909. The molecule has 1 aromatic heterocycles. The molecule has 3 heterocycles. The molecule has 0 bridgehead atoms. The van der Waals surface area contributed by atoms with E-state index in [1.165, 1.54) is 37.8 Å². The van der Waals surface area contributed by atoms with E-state index in [0.717, 1.165) is 23.4 Å². The number of rotatable bonds is 3. The molecule has 3 fully saturated rings. The van der Waals surface area contributed by atoms with Crippen LogP contribution in [-0.4, -0.2) is 35.2 Å². The Morgan fingerprint density at radius 2 is 1.86 bits per heavy atom. The van der Waals surface area contributed by atoms with E-state index in [1.807, 2.05) is 23.2 Å². The lowest BCUT2D eigenvalue weighted by Crippen LogP contribution is -2.52.